The van der Waals surface area contributed by atoms with Gasteiger partial charge >= 0.3 is 6.03 Å². The maximum Gasteiger partial charge on any atom is 0.326 e. The zero-order valence-corrected chi connectivity index (χ0v) is 15.0. The lowest BCUT2D eigenvalue weighted by molar-refractivity contribution is -0.134. The number of hydrogen-bond donors (Lipinski definition) is 1. The number of nitrogens with zero attached hydrogens (tertiary/aromatic N) is 2. The van der Waals surface area contributed by atoms with Gasteiger partial charge in [-0.3, -0.25) is 9.69 Å². The average Bonchev–Trinajstić information content (AvgIpc) is 3.24. The van der Waals surface area contributed by atoms with Gasteiger partial charge in [-0.05, 0) is 55.9 Å². The van der Waals surface area contributed by atoms with Crippen LogP contribution in [-0.2, 0) is 11.3 Å². The fourth-order valence-electron chi connectivity index (χ4n) is 3.92. The molecule has 130 valence electrons. The molecule has 24 heavy (non-hydrogen) atoms. The molecule has 5 nitrogen and oxygen atoms in total. The Balaban J connectivity index is 1.47. The monoisotopic (exact) mass is 347 g/mol. The molecule has 3 fully saturated rings. The van der Waals surface area contributed by atoms with Crippen LogP contribution in [0.1, 0.15) is 50.3 Å². The summed E-state index contributed by atoms with van der Waals surface area (Å²) in [6.45, 7) is 3.47. The van der Waals surface area contributed by atoms with E-state index < -0.39 is 5.54 Å². The zero-order chi connectivity index (χ0) is 16.7. The van der Waals surface area contributed by atoms with Crippen LogP contribution in [0.5, 0.6) is 0 Å². The number of nitrogens with one attached hydrogen (secondary N) is 1. The van der Waals surface area contributed by atoms with Gasteiger partial charge in [-0.15, -0.1) is 11.3 Å². The van der Waals surface area contributed by atoms with Crippen LogP contribution in [0.3, 0.4) is 0 Å². The first kappa shape index (κ1) is 16.1. The molecule has 0 bridgehead atoms. The van der Waals surface area contributed by atoms with Crippen molar-refractivity contribution in [3.8, 4) is 0 Å². The Bertz CT molecular complexity index is 618. The predicted molar refractivity (Wildman–Crippen MR) is 93.5 cm³/mol. The van der Waals surface area contributed by atoms with Crippen molar-refractivity contribution in [3.63, 3.8) is 0 Å². The van der Waals surface area contributed by atoms with Gasteiger partial charge < -0.3 is 5.32 Å². The molecule has 1 spiro atoms. The van der Waals surface area contributed by atoms with Crippen LogP contribution >= 0.6 is 11.3 Å². The molecule has 0 radical (unpaired) electrons. The van der Waals surface area contributed by atoms with Crippen molar-refractivity contribution in [1.29, 1.82) is 0 Å². The van der Waals surface area contributed by atoms with Crippen LogP contribution in [0.2, 0.25) is 0 Å². The van der Waals surface area contributed by atoms with Crippen LogP contribution in [0, 0.1) is 5.92 Å². The van der Waals surface area contributed by atoms with Crippen molar-refractivity contribution in [2.24, 2.45) is 5.92 Å². The molecule has 0 atom stereocenters. The Morgan fingerprint density at radius 1 is 1.29 bits per heavy atom. The molecule has 3 aliphatic rings. The Kier molecular flexibility index (Phi) is 4.12. The maximum atomic E-state index is 13.0. The van der Waals surface area contributed by atoms with Crippen LogP contribution in [0.4, 0.5) is 4.79 Å². The van der Waals surface area contributed by atoms with E-state index in [9.17, 15) is 9.59 Å². The minimum atomic E-state index is -0.623. The number of thiophene rings is 1. The first-order valence-corrected chi connectivity index (χ1v) is 9.86. The van der Waals surface area contributed by atoms with Gasteiger partial charge in [0, 0.05) is 17.5 Å². The van der Waals surface area contributed by atoms with Crippen LogP contribution < -0.4 is 5.32 Å². The molecule has 1 aliphatic heterocycles. The maximum absolute atomic E-state index is 13.0. The quantitative estimate of drug-likeness (QED) is 0.833. The highest BCUT2D eigenvalue weighted by Crippen LogP contribution is 2.37. The molecule has 2 saturated carbocycles. The van der Waals surface area contributed by atoms with Crippen molar-refractivity contribution in [1.82, 2.24) is 15.1 Å². The zero-order valence-electron chi connectivity index (χ0n) is 14.2. The van der Waals surface area contributed by atoms with Crippen molar-refractivity contribution in [2.45, 2.75) is 63.6 Å². The van der Waals surface area contributed by atoms with Crippen LogP contribution in [-0.4, -0.2) is 40.0 Å². The first-order valence-electron chi connectivity index (χ1n) is 8.98. The molecule has 1 saturated heterocycles. The summed E-state index contributed by atoms with van der Waals surface area (Å²) in [6.07, 6.45) is 5.92. The molecular weight excluding hydrogens is 322 g/mol. The summed E-state index contributed by atoms with van der Waals surface area (Å²) in [5, 5.41) is 5.10. The number of urea groups is 1. The second kappa shape index (κ2) is 6.15. The highest BCUT2D eigenvalue weighted by atomic mass is 32.1. The Hall–Kier alpha value is -1.40. The lowest BCUT2D eigenvalue weighted by Gasteiger charge is -2.34. The molecule has 6 heteroatoms. The summed E-state index contributed by atoms with van der Waals surface area (Å²) in [7, 11) is 0. The molecule has 3 amide bonds. The molecule has 1 N–H and O–H groups in total. The fourth-order valence-corrected chi connectivity index (χ4v) is 4.65. The molecule has 2 heterocycles. The van der Waals surface area contributed by atoms with Gasteiger partial charge in [0.2, 0.25) is 0 Å². The number of amides is 3. The Morgan fingerprint density at radius 2 is 2.04 bits per heavy atom. The van der Waals surface area contributed by atoms with Crippen LogP contribution in [0.25, 0.3) is 0 Å². The van der Waals surface area contributed by atoms with Crippen molar-refractivity contribution >= 4 is 23.3 Å². The van der Waals surface area contributed by atoms with E-state index in [0.717, 1.165) is 45.1 Å². The molecule has 2 aliphatic carbocycles. The number of carbonyl (C=O) groups excluding carboxylic acids is 2. The van der Waals surface area contributed by atoms with Crippen LogP contribution in [0.15, 0.2) is 17.5 Å². The lowest BCUT2D eigenvalue weighted by atomic mass is 9.77. The largest absolute Gasteiger partial charge is 0.326 e. The van der Waals surface area contributed by atoms with Gasteiger partial charge in [0.1, 0.15) is 5.54 Å². The summed E-state index contributed by atoms with van der Waals surface area (Å²) in [4.78, 5) is 30.5. The number of rotatable bonds is 5. The molecule has 1 aromatic rings. The third-order valence-electron chi connectivity index (χ3n) is 5.70. The van der Waals surface area contributed by atoms with Gasteiger partial charge in [-0.1, -0.05) is 13.0 Å². The van der Waals surface area contributed by atoms with Gasteiger partial charge in [0.05, 0.1) is 6.67 Å². The first-order chi connectivity index (χ1) is 11.6. The summed E-state index contributed by atoms with van der Waals surface area (Å²) in [5.41, 5.74) is -0.623. The van der Waals surface area contributed by atoms with E-state index in [1.807, 2.05) is 0 Å². The fraction of sp³-hybridized carbons (Fsp3) is 0.667. The molecular formula is C18H25N3O2S. The summed E-state index contributed by atoms with van der Waals surface area (Å²) >= 11 is 1.73. The van der Waals surface area contributed by atoms with E-state index in [2.05, 4.69) is 34.7 Å². The van der Waals surface area contributed by atoms with Gasteiger partial charge in [-0.2, -0.15) is 0 Å². The third-order valence-corrected chi connectivity index (χ3v) is 6.56. The molecule has 0 aromatic carbocycles. The Labute approximate surface area is 147 Å². The smallest absolute Gasteiger partial charge is 0.323 e. The summed E-state index contributed by atoms with van der Waals surface area (Å²) in [6, 6.07) is 4.48. The standard InChI is InChI=1S/C18H25N3O2S/c1-13-6-8-18(9-7-13)16(22)21(17(23)19-18)12-20(14-4-5-14)11-15-3-2-10-24-15/h2-3,10,13-14H,4-9,11-12H2,1H3,(H,19,23). The van der Waals surface area contributed by atoms with E-state index in [1.165, 1.54) is 9.78 Å². The van der Waals surface area contributed by atoms with Gasteiger partial charge in [0.15, 0.2) is 0 Å². The van der Waals surface area contributed by atoms with E-state index >= 15 is 0 Å². The SMILES string of the molecule is CC1CCC2(CC1)NC(=O)N(CN(Cc1cccs1)C1CC1)C2=O. The number of carbonyl (C=O) groups is 2. The van der Waals surface area contributed by atoms with Gasteiger partial charge in [0.25, 0.3) is 5.91 Å². The third kappa shape index (κ3) is 2.97. The van der Waals surface area contributed by atoms with E-state index in [4.69, 9.17) is 0 Å². The van der Waals surface area contributed by atoms with Crippen molar-refractivity contribution in [3.05, 3.63) is 22.4 Å². The van der Waals surface area contributed by atoms with Gasteiger partial charge in [-0.25, -0.2) is 9.69 Å². The second-order valence-electron chi connectivity index (χ2n) is 7.63. The van der Waals surface area contributed by atoms with E-state index in [-0.39, 0.29) is 11.9 Å². The molecule has 1 aromatic heterocycles. The van der Waals surface area contributed by atoms with E-state index in [0.29, 0.717) is 18.6 Å². The van der Waals surface area contributed by atoms with Crippen molar-refractivity contribution in [2.75, 3.05) is 6.67 Å². The summed E-state index contributed by atoms with van der Waals surface area (Å²) in [5.74, 6) is 0.646. The molecule has 0 unspecified atom stereocenters. The van der Waals surface area contributed by atoms with E-state index in [1.54, 1.807) is 11.3 Å². The minimum Gasteiger partial charge on any atom is -0.323 e. The second-order valence-corrected chi connectivity index (χ2v) is 8.66. The number of hydrogen-bond acceptors (Lipinski definition) is 4. The molecule has 4 rings (SSSR count). The highest BCUT2D eigenvalue weighted by Gasteiger charge is 2.52. The predicted octanol–water partition coefficient (Wildman–Crippen LogP) is 3.17. The summed E-state index contributed by atoms with van der Waals surface area (Å²) < 4.78 is 0. The topological polar surface area (TPSA) is 52.7 Å². The average molecular weight is 347 g/mol. The lowest BCUT2D eigenvalue weighted by Crippen LogP contribution is -2.50. The Morgan fingerprint density at radius 3 is 2.67 bits per heavy atom. The highest BCUT2D eigenvalue weighted by molar-refractivity contribution is 7.09. The number of imide groups is 1. The normalized spacial score (nSPS) is 30.4. The van der Waals surface area contributed by atoms with Crippen molar-refractivity contribution < 1.29 is 9.59 Å². The minimum absolute atomic E-state index is 0.00349.